The first-order chi connectivity index (χ1) is 13.4. The molecule has 1 unspecified atom stereocenters. The molecule has 1 saturated heterocycles. The lowest BCUT2D eigenvalue weighted by Crippen LogP contribution is -2.24. The first-order valence-corrected chi connectivity index (χ1v) is 9.43. The number of carbonyl (C=O) groups is 1. The van der Waals surface area contributed by atoms with Crippen molar-refractivity contribution in [2.45, 2.75) is 39.0 Å². The molecule has 1 amide bonds. The number of aryl methyl sites for hydroxylation is 1. The fraction of sp³-hybridized carbons (Fsp3) is 0.318. The third-order valence-corrected chi connectivity index (χ3v) is 5.20. The SMILES string of the molecule is Cc1cc(N2CC(c3nc(-c4ccc(C(C)C)cc4)no3)CC2=O)ccc1F. The van der Waals surface area contributed by atoms with Crippen LogP contribution in [0.1, 0.15) is 49.1 Å². The number of anilines is 1. The summed E-state index contributed by atoms with van der Waals surface area (Å²) in [5.74, 6) is 0.954. The van der Waals surface area contributed by atoms with E-state index in [1.807, 2.05) is 12.1 Å². The van der Waals surface area contributed by atoms with E-state index < -0.39 is 0 Å². The fourth-order valence-electron chi connectivity index (χ4n) is 3.45. The summed E-state index contributed by atoms with van der Waals surface area (Å²) in [5, 5.41) is 4.09. The molecule has 0 bridgehead atoms. The molecular formula is C22H22FN3O2. The molecule has 0 aliphatic carbocycles. The zero-order valence-electron chi connectivity index (χ0n) is 16.1. The van der Waals surface area contributed by atoms with Gasteiger partial charge in [-0.3, -0.25) is 4.79 Å². The molecule has 4 rings (SSSR count). The molecule has 0 spiro atoms. The maximum Gasteiger partial charge on any atom is 0.232 e. The summed E-state index contributed by atoms with van der Waals surface area (Å²) >= 11 is 0. The Morgan fingerprint density at radius 2 is 1.93 bits per heavy atom. The normalized spacial score (nSPS) is 17.0. The summed E-state index contributed by atoms with van der Waals surface area (Å²) in [7, 11) is 0. The molecule has 144 valence electrons. The summed E-state index contributed by atoms with van der Waals surface area (Å²) in [6, 6.07) is 12.8. The van der Waals surface area contributed by atoms with Crippen molar-refractivity contribution < 1.29 is 13.7 Å². The molecule has 0 saturated carbocycles. The van der Waals surface area contributed by atoms with E-state index in [2.05, 4.69) is 36.1 Å². The Hall–Kier alpha value is -3.02. The second-order valence-corrected chi connectivity index (χ2v) is 7.57. The quantitative estimate of drug-likeness (QED) is 0.652. The Morgan fingerprint density at radius 1 is 1.18 bits per heavy atom. The van der Waals surface area contributed by atoms with Gasteiger partial charge in [0, 0.05) is 24.2 Å². The lowest BCUT2D eigenvalue weighted by molar-refractivity contribution is -0.117. The molecule has 3 aromatic rings. The van der Waals surface area contributed by atoms with Crippen LogP contribution in [0.2, 0.25) is 0 Å². The number of amides is 1. The number of carbonyl (C=O) groups excluding carboxylic acids is 1. The fourth-order valence-corrected chi connectivity index (χ4v) is 3.45. The van der Waals surface area contributed by atoms with Crippen molar-refractivity contribution in [2.75, 3.05) is 11.4 Å². The standard InChI is InChI=1S/C22H22FN3O2/c1-13(2)15-4-6-16(7-5-15)21-24-22(28-25-21)17-11-20(27)26(12-17)18-8-9-19(23)14(3)10-18/h4-10,13,17H,11-12H2,1-3H3. The van der Waals surface area contributed by atoms with Crippen LogP contribution >= 0.6 is 0 Å². The molecule has 0 radical (unpaired) electrons. The molecule has 5 nitrogen and oxygen atoms in total. The van der Waals surface area contributed by atoms with Crippen molar-refractivity contribution in [3.8, 4) is 11.4 Å². The average Bonchev–Trinajstić information content (AvgIpc) is 3.31. The van der Waals surface area contributed by atoms with Gasteiger partial charge in [0.1, 0.15) is 5.82 Å². The summed E-state index contributed by atoms with van der Waals surface area (Å²) < 4.78 is 19.0. The third-order valence-electron chi connectivity index (χ3n) is 5.20. The summed E-state index contributed by atoms with van der Waals surface area (Å²) in [5.41, 5.74) is 3.34. The van der Waals surface area contributed by atoms with E-state index in [0.29, 0.717) is 41.8 Å². The van der Waals surface area contributed by atoms with E-state index in [0.717, 1.165) is 5.56 Å². The van der Waals surface area contributed by atoms with E-state index >= 15 is 0 Å². The molecule has 1 fully saturated rings. The highest BCUT2D eigenvalue weighted by Gasteiger charge is 2.35. The Morgan fingerprint density at radius 3 is 2.61 bits per heavy atom. The molecule has 28 heavy (non-hydrogen) atoms. The molecule has 2 aromatic carbocycles. The van der Waals surface area contributed by atoms with Crippen LogP contribution in [0.25, 0.3) is 11.4 Å². The monoisotopic (exact) mass is 379 g/mol. The number of hydrogen-bond acceptors (Lipinski definition) is 4. The predicted octanol–water partition coefficient (Wildman–Crippen LogP) is 4.83. The molecule has 1 aliphatic heterocycles. The van der Waals surface area contributed by atoms with E-state index in [1.165, 1.54) is 11.6 Å². The van der Waals surface area contributed by atoms with Crippen molar-refractivity contribution in [3.63, 3.8) is 0 Å². The molecule has 1 aromatic heterocycles. The minimum atomic E-state index is -0.281. The summed E-state index contributed by atoms with van der Waals surface area (Å²) in [6.07, 6.45) is 0.296. The predicted molar refractivity (Wildman–Crippen MR) is 105 cm³/mol. The van der Waals surface area contributed by atoms with Crippen molar-refractivity contribution in [1.29, 1.82) is 0 Å². The van der Waals surface area contributed by atoms with E-state index in [9.17, 15) is 9.18 Å². The van der Waals surface area contributed by atoms with Gasteiger partial charge in [0.2, 0.25) is 17.6 Å². The van der Waals surface area contributed by atoms with Gasteiger partial charge in [-0.15, -0.1) is 0 Å². The minimum absolute atomic E-state index is 0.0305. The van der Waals surface area contributed by atoms with Gasteiger partial charge in [-0.25, -0.2) is 4.39 Å². The molecule has 0 N–H and O–H groups in total. The number of halogens is 1. The van der Waals surface area contributed by atoms with Gasteiger partial charge in [-0.2, -0.15) is 4.98 Å². The maximum atomic E-state index is 13.5. The highest BCUT2D eigenvalue weighted by molar-refractivity contribution is 5.96. The first-order valence-electron chi connectivity index (χ1n) is 9.43. The van der Waals surface area contributed by atoms with Gasteiger partial charge < -0.3 is 9.42 Å². The van der Waals surface area contributed by atoms with Gasteiger partial charge in [0.15, 0.2) is 0 Å². The second-order valence-electron chi connectivity index (χ2n) is 7.57. The Balaban J connectivity index is 1.53. The zero-order chi connectivity index (χ0) is 19.8. The van der Waals surface area contributed by atoms with Crippen LogP contribution < -0.4 is 4.90 Å². The number of hydrogen-bond donors (Lipinski definition) is 0. The first kappa shape index (κ1) is 18.3. The van der Waals surface area contributed by atoms with Crippen molar-refractivity contribution in [1.82, 2.24) is 10.1 Å². The maximum absolute atomic E-state index is 13.5. The van der Waals surface area contributed by atoms with Gasteiger partial charge in [-0.05, 0) is 42.2 Å². The van der Waals surface area contributed by atoms with Gasteiger partial charge in [0.05, 0.1) is 5.92 Å². The number of aromatic nitrogens is 2. The Kier molecular flexibility index (Phi) is 4.71. The van der Waals surface area contributed by atoms with Crippen LogP contribution in [0.15, 0.2) is 47.0 Å². The van der Waals surface area contributed by atoms with E-state index in [-0.39, 0.29) is 17.6 Å². The van der Waals surface area contributed by atoms with E-state index in [1.54, 1.807) is 24.0 Å². The number of nitrogens with zero attached hydrogens (tertiary/aromatic N) is 3. The Bertz CT molecular complexity index is 1010. The summed E-state index contributed by atoms with van der Waals surface area (Å²) in [6.45, 7) is 6.42. The third kappa shape index (κ3) is 3.42. The molecule has 2 heterocycles. The highest BCUT2D eigenvalue weighted by atomic mass is 19.1. The Labute approximate surface area is 163 Å². The minimum Gasteiger partial charge on any atom is -0.339 e. The van der Waals surface area contributed by atoms with Gasteiger partial charge >= 0.3 is 0 Å². The second kappa shape index (κ2) is 7.19. The van der Waals surface area contributed by atoms with Crippen LogP contribution in [0.3, 0.4) is 0 Å². The van der Waals surface area contributed by atoms with Gasteiger partial charge in [-0.1, -0.05) is 43.3 Å². The van der Waals surface area contributed by atoms with Crippen molar-refractivity contribution in [2.24, 2.45) is 0 Å². The van der Waals surface area contributed by atoms with Gasteiger partial charge in [0.25, 0.3) is 0 Å². The smallest absolute Gasteiger partial charge is 0.232 e. The average molecular weight is 379 g/mol. The molecule has 1 atom stereocenters. The number of rotatable bonds is 4. The molecular weight excluding hydrogens is 357 g/mol. The topological polar surface area (TPSA) is 59.2 Å². The van der Waals surface area contributed by atoms with E-state index in [4.69, 9.17) is 4.52 Å². The van der Waals surface area contributed by atoms with Crippen molar-refractivity contribution in [3.05, 3.63) is 65.3 Å². The van der Waals surface area contributed by atoms with Crippen LogP contribution in [0.5, 0.6) is 0 Å². The molecule has 1 aliphatic rings. The molecule has 6 heteroatoms. The number of benzene rings is 2. The largest absolute Gasteiger partial charge is 0.339 e. The highest BCUT2D eigenvalue weighted by Crippen LogP contribution is 2.32. The summed E-state index contributed by atoms with van der Waals surface area (Å²) in [4.78, 5) is 18.6. The lowest BCUT2D eigenvalue weighted by atomic mass is 10.0. The van der Waals surface area contributed by atoms with Crippen LogP contribution in [-0.2, 0) is 4.79 Å². The zero-order valence-corrected chi connectivity index (χ0v) is 16.1. The van der Waals surface area contributed by atoms with Crippen molar-refractivity contribution >= 4 is 11.6 Å². The lowest BCUT2D eigenvalue weighted by Gasteiger charge is -2.16. The van der Waals surface area contributed by atoms with Crippen LogP contribution in [-0.4, -0.2) is 22.6 Å². The van der Waals surface area contributed by atoms with Crippen LogP contribution in [0.4, 0.5) is 10.1 Å². The van der Waals surface area contributed by atoms with Crippen LogP contribution in [0, 0.1) is 12.7 Å².